The van der Waals surface area contributed by atoms with Gasteiger partial charge in [0.05, 0.1) is 18.6 Å². The first-order chi connectivity index (χ1) is 12.6. The number of rotatable bonds is 8. The van der Waals surface area contributed by atoms with E-state index < -0.39 is 5.41 Å². The van der Waals surface area contributed by atoms with Crippen LogP contribution < -0.4 is 0 Å². The summed E-state index contributed by atoms with van der Waals surface area (Å²) in [5.41, 5.74) is 0.439. The summed E-state index contributed by atoms with van der Waals surface area (Å²) in [6, 6.07) is 10.1. The van der Waals surface area contributed by atoms with Crippen molar-refractivity contribution >= 4 is 11.8 Å². The van der Waals surface area contributed by atoms with Crippen LogP contribution in [0.15, 0.2) is 30.3 Å². The third-order valence-corrected chi connectivity index (χ3v) is 7.30. The fourth-order valence-corrected chi connectivity index (χ4v) is 6.34. The number of carbonyl (C=O) groups excluding carboxylic acids is 2. The van der Waals surface area contributed by atoms with Crippen LogP contribution in [-0.2, 0) is 25.7 Å². The van der Waals surface area contributed by atoms with Crippen LogP contribution in [0.2, 0.25) is 0 Å². The number of carbonyl (C=O) groups is 2. The van der Waals surface area contributed by atoms with Crippen molar-refractivity contribution in [2.75, 3.05) is 13.2 Å². The molecule has 0 heterocycles. The van der Waals surface area contributed by atoms with Crippen LogP contribution in [-0.4, -0.2) is 25.0 Å². The summed E-state index contributed by atoms with van der Waals surface area (Å²) in [5, 5.41) is 0. The highest BCUT2D eigenvalue weighted by Gasteiger charge is 2.91. The molecule has 4 bridgehead atoms. The fraction of sp³-hybridized carbons (Fsp3) is 0.636. The highest BCUT2D eigenvalue weighted by atomic mass is 16.5. The summed E-state index contributed by atoms with van der Waals surface area (Å²) in [6.07, 6.45) is 3.56. The Morgan fingerprint density at radius 3 is 2.65 bits per heavy atom. The van der Waals surface area contributed by atoms with Crippen LogP contribution >= 0.6 is 0 Å². The summed E-state index contributed by atoms with van der Waals surface area (Å²) in [6.45, 7) is 5.49. The van der Waals surface area contributed by atoms with Crippen molar-refractivity contribution in [1.29, 1.82) is 0 Å². The number of benzene rings is 1. The number of esters is 1. The highest BCUT2D eigenvalue weighted by Crippen LogP contribution is 2.85. The predicted molar refractivity (Wildman–Crippen MR) is 97.2 cm³/mol. The first-order valence-electron chi connectivity index (χ1n) is 9.96. The van der Waals surface area contributed by atoms with Crippen molar-refractivity contribution in [2.24, 2.45) is 28.6 Å². The molecule has 0 aliphatic heterocycles. The standard InChI is InChI=1S/C22H28O4/c1-3-21-12-10-16-17(11-13-25-14-15-8-6-5-7-9-15)22(21,19(21)18(16)23)20(24)26-4-2/h5-9,16-17,19H,3-4,10-14H2,1-2H3/t16-,17+,19?,21?,22?/m1/s1. The fourth-order valence-electron chi connectivity index (χ4n) is 6.34. The van der Waals surface area contributed by atoms with Gasteiger partial charge in [0.15, 0.2) is 0 Å². The van der Waals surface area contributed by atoms with E-state index in [1.54, 1.807) is 0 Å². The Morgan fingerprint density at radius 2 is 2.00 bits per heavy atom. The zero-order valence-corrected chi connectivity index (χ0v) is 15.7. The smallest absolute Gasteiger partial charge is 0.313 e. The summed E-state index contributed by atoms with van der Waals surface area (Å²) in [4.78, 5) is 25.9. The van der Waals surface area contributed by atoms with Crippen molar-refractivity contribution in [3.8, 4) is 0 Å². The van der Waals surface area contributed by atoms with Gasteiger partial charge in [-0.15, -0.1) is 0 Å². The molecule has 0 N–H and O–H groups in total. The van der Waals surface area contributed by atoms with E-state index in [1.807, 2.05) is 37.3 Å². The van der Waals surface area contributed by atoms with Crippen molar-refractivity contribution in [3.63, 3.8) is 0 Å². The summed E-state index contributed by atoms with van der Waals surface area (Å²) in [5.74, 6) is 0.202. The maximum absolute atomic E-state index is 13.0. The summed E-state index contributed by atoms with van der Waals surface area (Å²) < 4.78 is 11.4. The van der Waals surface area contributed by atoms with Crippen LogP contribution in [0.1, 0.15) is 45.1 Å². The minimum atomic E-state index is -0.562. The SMILES string of the molecule is CCOC(=O)C12C3C(=O)[C@H](CCC31CC)[C@@H]2CCOCc1ccccc1. The molecular weight excluding hydrogens is 328 g/mol. The summed E-state index contributed by atoms with van der Waals surface area (Å²) >= 11 is 0. The van der Waals surface area contributed by atoms with Crippen LogP contribution in [0.3, 0.4) is 0 Å². The lowest BCUT2D eigenvalue weighted by molar-refractivity contribution is -0.157. The molecule has 0 saturated heterocycles. The maximum atomic E-state index is 13.0. The lowest BCUT2D eigenvalue weighted by atomic mass is 9.64. The molecule has 0 radical (unpaired) electrons. The number of ketones is 1. The van der Waals surface area contributed by atoms with Crippen molar-refractivity contribution in [1.82, 2.24) is 0 Å². The van der Waals surface area contributed by atoms with Gasteiger partial charge in [-0.1, -0.05) is 37.3 Å². The van der Waals surface area contributed by atoms with Gasteiger partial charge < -0.3 is 9.47 Å². The normalized spacial score (nSPS) is 36.8. The Balaban J connectivity index is 1.48. The van der Waals surface area contributed by atoms with Gasteiger partial charge >= 0.3 is 5.97 Å². The molecule has 0 spiro atoms. The van der Waals surface area contributed by atoms with Gasteiger partial charge in [0.2, 0.25) is 0 Å². The zero-order valence-electron chi connectivity index (χ0n) is 15.7. The molecule has 5 atom stereocenters. The molecule has 0 amide bonds. The Kier molecular flexibility index (Phi) is 4.42. The second-order valence-corrected chi connectivity index (χ2v) is 8.01. The molecule has 3 unspecified atom stereocenters. The van der Waals surface area contributed by atoms with Crippen LogP contribution in [0.5, 0.6) is 0 Å². The molecule has 26 heavy (non-hydrogen) atoms. The highest BCUT2D eigenvalue weighted by molar-refractivity contribution is 6.03. The largest absolute Gasteiger partial charge is 0.466 e. The Hall–Kier alpha value is -1.68. The monoisotopic (exact) mass is 356 g/mol. The number of hydrogen-bond acceptors (Lipinski definition) is 4. The van der Waals surface area contributed by atoms with Gasteiger partial charge in [0, 0.05) is 18.4 Å². The molecule has 4 fully saturated rings. The number of hydrogen-bond donors (Lipinski definition) is 0. The van der Waals surface area contributed by atoms with E-state index in [9.17, 15) is 9.59 Å². The van der Waals surface area contributed by atoms with Gasteiger partial charge in [-0.25, -0.2) is 0 Å². The predicted octanol–water partition coefficient (Wildman–Crippen LogP) is 3.78. The minimum absolute atomic E-state index is 0.0261. The van der Waals surface area contributed by atoms with Gasteiger partial charge in [-0.05, 0) is 49.5 Å². The maximum Gasteiger partial charge on any atom is 0.313 e. The second-order valence-electron chi connectivity index (χ2n) is 8.01. The van der Waals surface area contributed by atoms with Crippen molar-refractivity contribution in [2.45, 2.75) is 46.1 Å². The molecule has 140 valence electrons. The molecule has 0 aromatic heterocycles. The number of ether oxygens (including phenoxy) is 2. The Morgan fingerprint density at radius 1 is 1.23 bits per heavy atom. The lowest BCUT2D eigenvalue weighted by Gasteiger charge is -2.39. The van der Waals surface area contributed by atoms with Gasteiger partial charge in [-0.2, -0.15) is 0 Å². The van der Waals surface area contributed by atoms with Crippen molar-refractivity contribution in [3.05, 3.63) is 35.9 Å². The Bertz CT molecular complexity index is 699. The van der Waals surface area contributed by atoms with Gasteiger partial charge in [-0.3, -0.25) is 9.59 Å². The van der Waals surface area contributed by atoms with Gasteiger partial charge in [0.25, 0.3) is 0 Å². The van der Waals surface area contributed by atoms with E-state index in [0.29, 0.717) is 25.6 Å². The second kappa shape index (κ2) is 6.49. The average Bonchev–Trinajstić information content (AvgIpc) is 3.25. The first-order valence-corrected chi connectivity index (χ1v) is 9.96. The number of fused-ring (bicyclic) bond motifs is 1. The molecule has 1 aromatic rings. The lowest BCUT2D eigenvalue weighted by Crippen LogP contribution is -2.42. The molecule has 4 nitrogen and oxygen atoms in total. The van der Waals surface area contributed by atoms with E-state index in [1.165, 1.54) is 0 Å². The van der Waals surface area contributed by atoms with E-state index in [0.717, 1.165) is 31.2 Å². The van der Waals surface area contributed by atoms with Crippen LogP contribution in [0.4, 0.5) is 0 Å². The van der Waals surface area contributed by atoms with E-state index >= 15 is 0 Å². The van der Waals surface area contributed by atoms with E-state index in [2.05, 4.69) is 6.92 Å². The van der Waals surface area contributed by atoms with E-state index in [-0.39, 0.29) is 29.1 Å². The number of Topliss-reactive ketones (excluding diaryl/α,β-unsaturated/α-hetero) is 1. The molecule has 1 aromatic carbocycles. The third kappa shape index (κ3) is 2.17. The van der Waals surface area contributed by atoms with E-state index in [4.69, 9.17) is 9.47 Å². The minimum Gasteiger partial charge on any atom is -0.466 e. The zero-order chi connectivity index (χ0) is 18.4. The molecule has 4 aliphatic carbocycles. The molecule has 5 rings (SSSR count). The van der Waals surface area contributed by atoms with Crippen molar-refractivity contribution < 1.29 is 19.1 Å². The molecule has 4 saturated carbocycles. The topological polar surface area (TPSA) is 52.6 Å². The summed E-state index contributed by atoms with van der Waals surface area (Å²) in [7, 11) is 0. The van der Waals surface area contributed by atoms with Gasteiger partial charge in [0.1, 0.15) is 5.78 Å². The molecule has 4 aliphatic rings. The average molecular weight is 356 g/mol. The van der Waals surface area contributed by atoms with Crippen LogP contribution in [0.25, 0.3) is 0 Å². The third-order valence-electron chi connectivity index (χ3n) is 7.30. The molecule has 4 heteroatoms. The first kappa shape index (κ1) is 17.7. The quantitative estimate of drug-likeness (QED) is 0.525. The Labute approximate surface area is 155 Å². The van der Waals surface area contributed by atoms with Crippen LogP contribution in [0, 0.1) is 28.6 Å². The molecular formula is C22H28O4.